The first-order valence-electron chi connectivity index (χ1n) is 4.73. The van der Waals surface area contributed by atoms with Gasteiger partial charge in [-0.3, -0.25) is 4.68 Å². The van der Waals surface area contributed by atoms with Crippen molar-refractivity contribution >= 4 is 9.84 Å². The van der Waals surface area contributed by atoms with Crippen LogP contribution in [0.3, 0.4) is 0 Å². The zero-order chi connectivity index (χ0) is 11.1. The Bertz CT molecular complexity index is 467. The van der Waals surface area contributed by atoms with E-state index in [2.05, 4.69) is 10.3 Å². The molecule has 0 saturated carbocycles. The van der Waals surface area contributed by atoms with E-state index in [1.54, 1.807) is 17.9 Å². The third kappa shape index (κ3) is 2.35. The van der Waals surface area contributed by atoms with Gasteiger partial charge in [0.1, 0.15) is 0 Å². The number of nitrogens with two attached hydrogens (primary N) is 1. The fraction of sp³-hybridized carbons (Fsp3) is 0.750. The highest BCUT2D eigenvalue weighted by Gasteiger charge is 2.39. The van der Waals surface area contributed by atoms with Crippen LogP contribution in [-0.2, 0) is 23.3 Å². The summed E-state index contributed by atoms with van der Waals surface area (Å²) < 4.78 is 24.2. The first-order chi connectivity index (χ1) is 6.89. The monoisotopic (exact) mass is 230 g/mol. The lowest BCUT2D eigenvalue weighted by Crippen LogP contribution is -2.43. The van der Waals surface area contributed by atoms with Gasteiger partial charge in [-0.05, 0) is 6.42 Å². The SMILES string of the molecule is Cn1cc(CC2(N)CCS(=O)(=O)C2)nn1. The Hall–Kier alpha value is -0.950. The maximum Gasteiger partial charge on any atom is 0.152 e. The second kappa shape index (κ2) is 3.28. The van der Waals surface area contributed by atoms with Crippen LogP contribution < -0.4 is 5.73 Å². The Kier molecular flexibility index (Phi) is 2.31. The highest BCUT2D eigenvalue weighted by Crippen LogP contribution is 2.24. The fourth-order valence-electron chi connectivity index (χ4n) is 1.92. The fourth-order valence-corrected chi connectivity index (χ4v) is 3.90. The van der Waals surface area contributed by atoms with Crippen LogP contribution in [0.15, 0.2) is 6.20 Å². The van der Waals surface area contributed by atoms with Crippen molar-refractivity contribution in [2.75, 3.05) is 11.5 Å². The molecule has 0 bridgehead atoms. The Morgan fingerprint density at radius 2 is 2.40 bits per heavy atom. The van der Waals surface area contributed by atoms with E-state index in [0.717, 1.165) is 5.69 Å². The minimum absolute atomic E-state index is 0.0522. The number of rotatable bonds is 2. The van der Waals surface area contributed by atoms with E-state index in [4.69, 9.17) is 5.73 Å². The predicted octanol–water partition coefficient (Wildman–Crippen LogP) is -1.13. The van der Waals surface area contributed by atoms with Gasteiger partial charge in [0, 0.05) is 25.2 Å². The quantitative estimate of drug-likeness (QED) is 0.694. The molecule has 0 aliphatic carbocycles. The molecule has 2 rings (SSSR count). The molecular weight excluding hydrogens is 216 g/mol. The molecule has 6 nitrogen and oxygen atoms in total. The van der Waals surface area contributed by atoms with Crippen LogP contribution in [0.2, 0.25) is 0 Å². The summed E-state index contributed by atoms with van der Waals surface area (Å²) in [6, 6.07) is 0. The van der Waals surface area contributed by atoms with Crippen LogP contribution in [0.4, 0.5) is 0 Å². The maximum atomic E-state index is 11.3. The van der Waals surface area contributed by atoms with Gasteiger partial charge in [-0.25, -0.2) is 8.42 Å². The number of aromatic nitrogens is 3. The van der Waals surface area contributed by atoms with Crippen molar-refractivity contribution in [2.24, 2.45) is 12.8 Å². The molecule has 2 heterocycles. The van der Waals surface area contributed by atoms with Crippen molar-refractivity contribution in [1.29, 1.82) is 0 Å². The molecule has 1 aromatic heterocycles. The molecule has 1 aliphatic rings. The molecule has 1 unspecified atom stereocenters. The Balaban J connectivity index is 2.13. The molecule has 0 aromatic carbocycles. The second-order valence-corrected chi connectivity index (χ2v) is 6.45. The van der Waals surface area contributed by atoms with Crippen LogP contribution >= 0.6 is 0 Å². The highest BCUT2D eigenvalue weighted by atomic mass is 32.2. The van der Waals surface area contributed by atoms with E-state index < -0.39 is 15.4 Å². The summed E-state index contributed by atoms with van der Waals surface area (Å²) in [5.74, 6) is 0.236. The standard InChI is InChI=1S/C8H14N4O2S/c1-12-5-7(10-11-12)4-8(9)2-3-15(13,14)6-8/h5H,2-4,6,9H2,1H3. The first kappa shape index (κ1) is 10.6. The molecule has 0 radical (unpaired) electrons. The number of sulfone groups is 1. The van der Waals surface area contributed by atoms with Gasteiger partial charge >= 0.3 is 0 Å². The van der Waals surface area contributed by atoms with Crippen molar-refractivity contribution in [1.82, 2.24) is 15.0 Å². The molecule has 1 saturated heterocycles. The molecule has 15 heavy (non-hydrogen) atoms. The maximum absolute atomic E-state index is 11.3. The molecule has 1 aromatic rings. The van der Waals surface area contributed by atoms with Crippen LogP contribution in [0, 0.1) is 0 Å². The number of hydrogen-bond donors (Lipinski definition) is 1. The predicted molar refractivity (Wildman–Crippen MR) is 54.9 cm³/mol. The minimum Gasteiger partial charge on any atom is -0.324 e. The lowest BCUT2D eigenvalue weighted by molar-refractivity contribution is 0.471. The van der Waals surface area contributed by atoms with Crippen LogP contribution in [-0.4, -0.2) is 40.5 Å². The van der Waals surface area contributed by atoms with Gasteiger partial charge < -0.3 is 5.73 Å². The van der Waals surface area contributed by atoms with Crippen LogP contribution in [0.5, 0.6) is 0 Å². The van der Waals surface area contributed by atoms with E-state index >= 15 is 0 Å². The zero-order valence-electron chi connectivity index (χ0n) is 8.55. The van der Waals surface area contributed by atoms with Crippen molar-refractivity contribution < 1.29 is 8.42 Å². The molecule has 1 aliphatic heterocycles. The lowest BCUT2D eigenvalue weighted by Gasteiger charge is -2.19. The normalized spacial score (nSPS) is 29.5. The second-order valence-electron chi connectivity index (χ2n) is 4.26. The molecule has 2 N–H and O–H groups in total. The summed E-state index contributed by atoms with van der Waals surface area (Å²) in [6.45, 7) is 0. The van der Waals surface area contributed by atoms with Crippen LogP contribution in [0.25, 0.3) is 0 Å². The van der Waals surface area contributed by atoms with E-state index in [9.17, 15) is 8.42 Å². The lowest BCUT2D eigenvalue weighted by atomic mass is 9.95. The van der Waals surface area contributed by atoms with Crippen molar-refractivity contribution in [2.45, 2.75) is 18.4 Å². The topological polar surface area (TPSA) is 90.9 Å². The van der Waals surface area contributed by atoms with E-state index in [1.165, 1.54) is 0 Å². The summed E-state index contributed by atoms with van der Waals surface area (Å²) in [7, 11) is -1.18. The molecule has 0 amide bonds. The van der Waals surface area contributed by atoms with Gasteiger partial charge in [0.2, 0.25) is 0 Å². The Morgan fingerprint density at radius 3 is 2.87 bits per heavy atom. The van der Waals surface area contributed by atoms with Gasteiger partial charge in [0.05, 0.1) is 17.2 Å². The summed E-state index contributed by atoms with van der Waals surface area (Å²) in [5, 5.41) is 7.70. The Morgan fingerprint density at radius 1 is 1.67 bits per heavy atom. The number of aryl methyl sites for hydroxylation is 1. The van der Waals surface area contributed by atoms with E-state index in [0.29, 0.717) is 12.8 Å². The summed E-state index contributed by atoms with van der Waals surface area (Å²) in [6.07, 6.45) is 2.74. The van der Waals surface area contributed by atoms with Gasteiger partial charge in [0.25, 0.3) is 0 Å². The molecular formula is C8H14N4O2S. The highest BCUT2D eigenvalue weighted by molar-refractivity contribution is 7.91. The molecule has 1 fully saturated rings. The minimum atomic E-state index is -2.95. The summed E-state index contributed by atoms with van der Waals surface area (Å²) >= 11 is 0. The largest absolute Gasteiger partial charge is 0.324 e. The molecule has 1 atom stereocenters. The smallest absolute Gasteiger partial charge is 0.152 e. The Labute approximate surface area is 88.4 Å². The molecule has 0 spiro atoms. The van der Waals surface area contributed by atoms with Crippen LogP contribution in [0.1, 0.15) is 12.1 Å². The molecule has 84 valence electrons. The third-order valence-electron chi connectivity index (χ3n) is 2.60. The van der Waals surface area contributed by atoms with Crippen molar-refractivity contribution in [3.8, 4) is 0 Å². The van der Waals surface area contributed by atoms with Gasteiger partial charge in [0.15, 0.2) is 9.84 Å². The van der Waals surface area contributed by atoms with Crippen molar-refractivity contribution in [3.05, 3.63) is 11.9 Å². The first-order valence-corrected chi connectivity index (χ1v) is 6.55. The summed E-state index contributed by atoms with van der Waals surface area (Å²) in [5.41, 5.74) is 6.11. The average Bonchev–Trinajstić information content (AvgIpc) is 2.57. The van der Waals surface area contributed by atoms with E-state index in [-0.39, 0.29) is 11.5 Å². The average molecular weight is 230 g/mol. The zero-order valence-corrected chi connectivity index (χ0v) is 9.37. The van der Waals surface area contributed by atoms with Gasteiger partial charge in [-0.15, -0.1) is 5.10 Å². The number of hydrogen-bond acceptors (Lipinski definition) is 5. The summed E-state index contributed by atoms with van der Waals surface area (Å²) in [4.78, 5) is 0. The molecule has 7 heteroatoms. The van der Waals surface area contributed by atoms with E-state index in [1.807, 2.05) is 0 Å². The number of nitrogens with zero attached hydrogens (tertiary/aromatic N) is 3. The van der Waals surface area contributed by atoms with Gasteiger partial charge in [-0.2, -0.15) is 0 Å². The van der Waals surface area contributed by atoms with Crippen molar-refractivity contribution in [3.63, 3.8) is 0 Å². The van der Waals surface area contributed by atoms with Gasteiger partial charge in [-0.1, -0.05) is 5.21 Å². The third-order valence-corrected chi connectivity index (χ3v) is 4.44.